The molecule has 0 saturated carbocycles. The van der Waals surface area contributed by atoms with Crippen molar-refractivity contribution < 1.29 is 4.39 Å². The van der Waals surface area contributed by atoms with E-state index in [2.05, 4.69) is 21.0 Å². The summed E-state index contributed by atoms with van der Waals surface area (Å²) in [6, 6.07) is 6.38. The van der Waals surface area contributed by atoms with Crippen LogP contribution in [0, 0.1) is 12.7 Å². The molecule has 1 aromatic heterocycles. The number of nitrogen functional groups attached to an aromatic ring is 1. The zero-order chi connectivity index (χ0) is 12.6. The summed E-state index contributed by atoms with van der Waals surface area (Å²) in [7, 11) is 0. The van der Waals surface area contributed by atoms with Crippen molar-refractivity contribution in [3.05, 3.63) is 45.8 Å². The number of rotatable bonds is 2. The molecular weight excluding hydrogens is 285 g/mol. The van der Waals surface area contributed by atoms with Gasteiger partial charge in [-0.3, -0.25) is 0 Å². The fourth-order valence-electron chi connectivity index (χ4n) is 1.82. The minimum absolute atomic E-state index is 0.0429. The van der Waals surface area contributed by atoms with Gasteiger partial charge in [-0.05, 0) is 31.5 Å². The predicted molar refractivity (Wildman–Crippen MR) is 69.3 cm³/mol. The SMILES string of the molecule is Cc1cc(N)n(C(C)c2ccc(F)cc2Br)n1. The van der Waals surface area contributed by atoms with E-state index >= 15 is 0 Å². The average Bonchev–Trinajstić information content (AvgIpc) is 2.57. The molecule has 0 aliphatic heterocycles. The number of halogens is 2. The Morgan fingerprint density at radius 1 is 1.41 bits per heavy atom. The van der Waals surface area contributed by atoms with E-state index in [1.165, 1.54) is 12.1 Å². The van der Waals surface area contributed by atoms with Gasteiger partial charge in [0.2, 0.25) is 0 Å². The molecule has 17 heavy (non-hydrogen) atoms. The number of hydrogen-bond acceptors (Lipinski definition) is 2. The second kappa shape index (κ2) is 4.49. The topological polar surface area (TPSA) is 43.8 Å². The first-order valence-corrected chi connectivity index (χ1v) is 6.05. The van der Waals surface area contributed by atoms with Crippen LogP contribution in [-0.4, -0.2) is 9.78 Å². The highest BCUT2D eigenvalue weighted by molar-refractivity contribution is 9.10. The Kier molecular flexibility index (Phi) is 3.19. The molecule has 1 heterocycles. The van der Waals surface area contributed by atoms with Gasteiger partial charge in [-0.25, -0.2) is 9.07 Å². The van der Waals surface area contributed by atoms with Crippen LogP contribution < -0.4 is 5.73 Å². The third-order valence-corrected chi connectivity index (χ3v) is 3.35. The second-order valence-electron chi connectivity index (χ2n) is 4.00. The van der Waals surface area contributed by atoms with E-state index in [1.807, 2.05) is 19.9 Å². The molecule has 0 aliphatic carbocycles. The van der Waals surface area contributed by atoms with Gasteiger partial charge < -0.3 is 5.73 Å². The first-order chi connectivity index (χ1) is 7.99. The van der Waals surface area contributed by atoms with Crippen molar-refractivity contribution in [2.45, 2.75) is 19.9 Å². The molecule has 1 atom stereocenters. The number of nitrogens with zero attached hydrogens (tertiary/aromatic N) is 2. The highest BCUT2D eigenvalue weighted by Crippen LogP contribution is 2.28. The quantitative estimate of drug-likeness (QED) is 0.924. The van der Waals surface area contributed by atoms with Crippen LogP contribution in [0.4, 0.5) is 10.2 Å². The first kappa shape index (κ1) is 12.1. The summed E-state index contributed by atoms with van der Waals surface area (Å²) >= 11 is 3.35. The lowest BCUT2D eigenvalue weighted by Crippen LogP contribution is -2.12. The van der Waals surface area contributed by atoms with Crippen LogP contribution in [0.1, 0.15) is 24.2 Å². The van der Waals surface area contributed by atoms with E-state index in [0.29, 0.717) is 5.82 Å². The Hall–Kier alpha value is -1.36. The molecule has 2 rings (SSSR count). The van der Waals surface area contributed by atoms with Crippen molar-refractivity contribution in [1.82, 2.24) is 9.78 Å². The van der Waals surface area contributed by atoms with Gasteiger partial charge in [0.1, 0.15) is 11.6 Å². The van der Waals surface area contributed by atoms with Crippen LogP contribution in [0.2, 0.25) is 0 Å². The van der Waals surface area contributed by atoms with Gasteiger partial charge in [0.05, 0.1) is 11.7 Å². The molecule has 1 aromatic carbocycles. The van der Waals surface area contributed by atoms with Gasteiger partial charge in [-0.15, -0.1) is 0 Å². The van der Waals surface area contributed by atoms with Crippen LogP contribution in [0.5, 0.6) is 0 Å². The fraction of sp³-hybridized carbons (Fsp3) is 0.250. The number of benzene rings is 1. The lowest BCUT2D eigenvalue weighted by molar-refractivity contribution is 0.563. The number of hydrogen-bond donors (Lipinski definition) is 1. The van der Waals surface area contributed by atoms with E-state index in [-0.39, 0.29) is 11.9 Å². The maximum Gasteiger partial charge on any atom is 0.124 e. The number of aromatic nitrogens is 2. The molecule has 3 nitrogen and oxygen atoms in total. The molecular formula is C12H13BrFN3. The number of aryl methyl sites for hydroxylation is 1. The minimum atomic E-state index is -0.266. The summed E-state index contributed by atoms with van der Waals surface area (Å²) in [5.74, 6) is 0.337. The van der Waals surface area contributed by atoms with Crippen molar-refractivity contribution in [2.75, 3.05) is 5.73 Å². The molecule has 0 spiro atoms. The molecule has 0 bridgehead atoms. The summed E-state index contributed by atoms with van der Waals surface area (Å²) in [6.45, 7) is 3.86. The summed E-state index contributed by atoms with van der Waals surface area (Å²) in [4.78, 5) is 0. The van der Waals surface area contributed by atoms with Crippen molar-refractivity contribution in [3.63, 3.8) is 0 Å². The smallest absolute Gasteiger partial charge is 0.124 e. The fourth-order valence-corrected chi connectivity index (χ4v) is 2.50. The Bertz CT molecular complexity index is 551. The van der Waals surface area contributed by atoms with Gasteiger partial charge in [-0.1, -0.05) is 22.0 Å². The normalized spacial score (nSPS) is 12.7. The Balaban J connectivity index is 2.43. The van der Waals surface area contributed by atoms with Gasteiger partial charge in [-0.2, -0.15) is 5.10 Å². The van der Waals surface area contributed by atoms with Crippen LogP contribution in [-0.2, 0) is 0 Å². The van der Waals surface area contributed by atoms with Crippen molar-refractivity contribution in [3.8, 4) is 0 Å². The van der Waals surface area contributed by atoms with Crippen LogP contribution in [0.3, 0.4) is 0 Å². The van der Waals surface area contributed by atoms with E-state index < -0.39 is 0 Å². The van der Waals surface area contributed by atoms with E-state index in [4.69, 9.17) is 5.73 Å². The standard InChI is InChI=1S/C12H13BrFN3/c1-7-5-12(15)17(16-7)8(2)10-4-3-9(14)6-11(10)13/h3-6,8H,15H2,1-2H3. The molecule has 2 aromatic rings. The zero-order valence-corrected chi connectivity index (χ0v) is 11.2. The number of anilines is 1. The van der Waals surface area contributed by atoms with Crippen LogP contribution >= 0.6 is 15.9 Å². The van der Waals surface area contributed by atoms with E-state index in [9.17, 15) is 4.39 Å². The monoisotopic (exact) mass is 297 g/mol. The lowest BCUT2D eigenvalue weighted by atomic mass is 10.1. The van der Waals surface area contributed by atoms with Gasteiger partial charge >= 0.3 is 0 Å². The third-order valence-electron chi connectivity index (χ3n) is 2.67. The van der Waals surface area contributed by atoms with Crippen LogP contribution in [0.25, 0.3) is 0 Å². The molecule has 0 fully saturated rings. The largest absolute Gasteiger partial charge is 0.384 e. The predicted octanol–water partition coefficient (Wildman–Crippen LogP) is 3.28. The van der Waals surface area contributed by atoms with Crippen molar-refractivity contribution >= 4 is 21.7 Å². The summed E-state index contributed by atoms with van der Waals surface area (Å²) in [5.41, 5.74) is 7.68. The lowest BCUT2D eigenvalue weighted by Gasteiger charge is -2.16. The van der Waals surface area contributed by atoms with Gasteiger partial charge in [0.15, 0.2) is 0 Å². The third kappa shape index (κ3) is 2.34. The molecule has 5 heteroatoms. The first-order valence-electron chi connectivity index (χ1n) is 5.25. The molecule has 1 unspecified atom stereocenters. The maximum absolute atomic E-state index is 13.0. The van der Waals surface area contributed by atoms with Gasteiger partial charge in [0.25, 0.3) is 0 Å². The molecule has 2 N–H and O–H groups in total. The molecule has 0 radical (unpaired) electrons. The molecule has 90 valence electrons. The van der Waals surface area contributed by atoms with E-state index in [0.717, 1.165) is 15.7 Å². The molecule has 0 amide bonds. The summed E-state index contributed by atoms with van der Waals surface area (Å²) in [6.07, 6.45) is 0. The van der Waals surface area contributed by atoms with Gasteiger partial charge in [0, 0.05) is 10.5 Å². The molecule has 0 aliphatic rings. The highest BCUT2D eigenvalue weighted by Gasteiger charge is 2.15. The molecule has 0 saturated heterocycles. The summed E-state index contributed by atoms with van der Waals surface area (Å²) < 4.78 is 15.5. The highest BCUT2D eigenvalue weighted by atomic mass is 79.9. The van der Waals surface area contributed by atoms with Crippen molar-refractivity contribution in [1.29, 1.82) is 0 Å². The van der Waals surface area contributed by atoms with E-state index in [1.54, 1.807) is 10.7 Å². The Morgan fingerprint density at radius 2 is 2.12 bits per heavy atom. The summed E-state index contributed by atoms with van der Waals surface area (Å²) in [5, 5.41) is 4.33. The average molecular weight is 298 g/mol. The van der Waals surface area contributed by atoms with Crippen LogP contribution in [0.15, 0.2) is 28.7 Å². The van der Waals surface area contributed by atoms with Crippen molar-refractivity contribution in [2.24, 2.45) is 0 Å². The second-order valence-corrected chi connectivity index (χ2v) is 4.85. The maximum atomic E-state index is 13.0. The number of nitrogens with two attached hydrogens (primary N) is 1. The zero-order valence-electron chi connectivity index (χ0n) is 9.61. The Morgan fingerprint density at radius 3 is 2.65 bits per heavy atom. The minimum Gasteiger partial charge on any atom is -0.384 e. The Labute approximate surface area is 108 Å².